The fraction of sp³-hybridized carbons (Fsp3) is 0.0476. The Morgan fingerprint density at radius 2 is 1.69 bits per heavy atom. The molecule has 0 atom stereocenters. The molecule has 0 saturated carbocycles. The summed E-state index contributed by atoms with van der Waals surface area (Å²) in [6.45, 7) is -0.627. The molecule has 0 aliphatic rings. The number of rotatable bonds is 6. The predicted octanol–water partition coefficient (Wildman–Crippen LogP) is 4.92. The average Bonchev–Trinajstić information content (AvgIpc) is 2.75. The van der Waals surface area contributed by atoms with Crippen molar-refractivity contribution in [1.29, 1.82) is 0 Å². The molecule has 0 saturated heterocycles. The van der Waals surface area contributed by atoms with Gasteiger partial charge in [0.2, 0.25) is 0 Å². The second kappa shape index (κ2) is 9.16. The lowest BCUT2D eigenvalue weighted by Crippen LogP contribution is -2.34. The van der Waals surface area contributed by atoms with Gasteiger partial charge >= 0.3 is 12.1 Å². The van der Waals surface area contributed by atoms with Crippen molar-refractivity contribution < 1.29 is 37.5 Å². The van der Waals surface area contributed by atoms with Crippen LogP contribution in [0, 0.1) is 27.6 Å². The third kappa shape index (κ3) is 4.83. The third-order valence-corrected chi connectivity index (χ3v) is 4.32. The predicted molar refractivity (Wildman–Crippen MR) is 105 cm³/mol. The van der Waals surface area contributed by atoms with Gasteiger partial charge in [0.05, 0.1) is 22.7 Å². The SMILES string of the molecule is O=C(O)c1ccc(CN(C(=O)Oc2ccc([N+](=O)[O-])cc2)c2cccc(F)c2F)c(F)c1. The molecule has 0 aliphatic heterocycles. The molecule has 8 nitrogen and oxygen atoms in total. The molecule has 3 aromatic rings. The van der Waals surface area contributed by atoms with E-state index in [9.17, 15) is 32.9 Å². The van der Waals surface area contributed by atoms with Crippen molar-refractivity contribution in [1.82, 2.24) is 0 Å². The van der Waals surface area contributed by atoms with Crippen molar-refractivity contribution in [3.05, 3.63) is 99.4 Å². The molecule has 1 amide bonds. The highest BCUT2D eigenvalue weighted by atomic mass is 19.2. The Bertz CT molecular complexity index is 1200. The van der Waals surface area contributed by atoms with Crippen LogP contribution in [-0.4, -0.2) is 22.1 Å². The maximum atomic E-state index is 14.4. The first-order chi connectivity index (χ1) is 15.2. The summed E-state index contributed by atoms with van der Waals surface area (Å²) in [5.74, 6) is -5.16. The molecule has 1 N–H and O–H groups in total. The van der Waals surface area contributed by atoms with E-state index >= 15 is 0 Å². The Labute approximate surface area is 178 Å². The van der Waals surface area contributed by atoms with Gasteiger partial charge in [-0.05, 0) is 36.4 Å². The Kier molecular flexibility index (Phi) is 6.38. The summed E-state index contributed by atoms with van der Waals surface area (Å²) in [6, 6.07) is 10.3. The number of carbonyl (C=O) groups is 2. The van der Waals surface area contributed by atoms with Gasteiger partial charge in [-0.25, -0.2) is 22.8 Å². The molecular weight excluding hydrogens is 433 g/mol. The van der Waals surface area contributed by atoms with Crippen LogP contribution < -0.4 is 9.64 Å². The largest absolute Gasteiger partial charge is 0.478 e. The van der Waals surface area contributed by atoms with Crippen molar-refractivity contribution in [3.8, 4) is 5.75 Å². The van der Waals surface area contributed by atoms with Crippen LogP contribution in [0.2, 0.25) is 0 Å². The summed E-state index contributed by atoms with van der Waals surface area (Å²) in [5.41, 5.74) is -1.36. The molecule has 164 valence electrons. The lowest BCUT2D eigenvalue weighted by molar-refractivity contribution is -0.384. The number of hydrogen-bond acceptors (Lipinski definition) is 5. The van der Waals surface area contributed by atoms with Crippen LogP contribution in [0.25, 0.3) is 0 Å². The van der Waals surface area contributed by atoms with E-state index < -0.39 is 46.7 Å². The first-order valence-corrected chi connectivity index (χ1v) is 8.87. The average molecular weight is 446 g/mol. The number of hydrogen-bond donors (Lipinski definition) is 1. The smallest absolute Gasteiger partial charge is 0.420 e. The van der Waals surface area contributed by atoms with Gasteiger partial charge in [-0.15, -0.1) is 0 Å². The minimum Gasteiger partial charge on any atom is -0.478 e. The number of halogens is 3. The van der Waals surface area contributed by atoms with Crippen LogP contribution in [0.3, 0.4) is 0 Å². The number of benzene rings is 3. The monoisotopic (exact) mass is 446 g/mol. The van der Waals surface area contributed by atoms with E-state index in [1.807, 2.05) is 0 Å². The zero-order valence-corrected chi connectivity index (χ0v) is 16.0. The number of anilines is 1. The second-order valence-electron chi connectivity index (χ2n) is 6.39. The number of carboxylic acid groups (broad SMARTS) is 1. The normalized spacial score (nSPS) is 10.5. The molecule has 0 unspecified atom stereocenters. The van der Waals surface area contributed by atoms with Gasteiger partial charge in [0.1, 0.15) is 11.6 Å². The lowest BCUT2D eigenvalue weighted by Gasteiger charge is -2.23. The Morgan fingerprint density at radius 3 is 2.28 bits per heavy atom. The molecule has 0 fully saturated rings. The van der Waals surface area contributed by atoms with Crippen molar-refractivity contribution in [3.63, 3.8) is 0 Å². The number of nitro benzene ring substituents is 1. The summed E-state index contributed by atoms with van der Waals surface area (Å²) in [7, 11) is 0. The number of nitro groups is 1. The third-order valence-electron chi connectivity index (χ3n) is 4.32. The lowest BCUT2D eigenvalue weighted by atomic mass is 10.1. The van der Waals surface area contributed by atoms with E-state index in [4.69, 9.17) is 9.84 Å². The Morgan fingerprint density at radius 1 is 1.00 bits per heavy atom. The minimum absolute atomic E-state index is 0.135. The molecule has 3 aromatic carbocycles. The van der Waals surface area contributed by atoms with Crippen LogP contribution in [0.1, 0.15) is 15.9 Å². The summed E-state index contributed by atoms with van der Waals surface area (Å²) >= 11 is 0. The highest BCUT2D eigenvalue weighted by Crippen LogP contribution is 2.26. The van der Waals surface area contributed by atoms with Crippen molar-refractivity contribution in [2.75, 3.05) is 4.90 Å². The number of ether oxygens (including phenoxy) is 1. The maximum Gasteiger partial charge on any atom is 0.420 e. The van der Waals surface area contributed by atoms with Crippen LogP contribution in [0.5, 0.6) is 5.75 Å². The number of amides is 1. The number of carboxylic acids is 1. The topological polar surface area (TPSA) is 110 Å². The van der Waals surface area contributed by atoms with Crippen LogP contribution in [0.15, 0.2) is 60.7 Å². The molecule has 0 aliphatic carbocycles. The molecule has 3 rings (SSSR count). The zero-order chi connectivity index (χ0) is 23.4. The van der Waals surface area contributed by atoms with Crippen molar-refractivity contribution >= 4 is 23.4 Å². The van der Waals surface area contributed by atoms with E-state index in [0.717, 1.165) is 60.7 Å². The fourth-order valence-corrected chi connectivity index (χ4v) is 2.72. The van der Waals surface area contributed by atoms with Gasteiger partial charge in [-0.3, -0.25) is 15.0 Å². The minimum atomic E-state index is -1.39. The quantitative estimate of drug-likeness (QED) is 0.425. The van der Waals surface area contributed by atoms with Gasteiger partial charge < -0.3 is 9.84 Å². The van der Waals surface area contributed by atoms with Crippen LogP contribution in [-0.2, 0) is 6.54 Å². The number of non-ortho nitro benzene ring substituents is 1. The maximum absolute atomic E-state index is 14.4. The van der Waals surface area contributed by atoms with Crippen molar-refractivity contribution in [2.24, 2.45) is 0 Å². The number of aromatic carboxylic acids is 1. The molecule has 0 spiro atoms. The summed E-state index contributed by atoms with van der Waals surface area (Å²) < 4.78 is 47.6. The zero-order valence-electron chi connectivity index (χ0n) is 16.0. The van der Waals surface area contributed by atoms with Gasteiger partial charge in [0, 0.05) is 17.7 Å². The highest BCUT2D eigenvalue weighted by molar-refractivity contribution is 5.90. The molecule has 11 heteroatoms. The summed E-state index contributed by atoms with van der Waals surface area (Å²) in [5, 5.41) is 19.7. The van der Waals surface area contributed by atoms with Crippen molar-refractivity contribution in [2.45, 2.75) is 6.54 Å². The summed E-state index contributed by atoms with van der Waals surface area (Å²) in [6.07, 6.45) is -1.23. The summed E-state index contributed by atoms with van der Waals surface area (Å²) in [4.78, 5) is 34.4. The molecule has 0 radical (unpaired) electrons. The molecule has 0 heterocycles. The van der Waals surface area contributed by atoms with Gasteiger partial charge in [0.25, 0.3) is 5.69 Å². The molecule has 32 heavy (non-hydrogen) atoms. The van der Waals surface area contributed by atoms with Gasteiger partial charge in [-0.1, -0.05) is 12.1 Å². The fourth-order valence-electron chi connectivity index (χ4n) is 2.72. The number of nitrogens with zero attached hydrogens (tertiary/aromatic N) is 2. The first-order valence-electron chi connectivity index (χ1n) is 8.87. The van der Waals surface area contributed by atoms with E-state index in [1.54, 1.807) is 0 Å². The van der Waals surface area contributed by atoms with E-state index in [2.05, 4.69) is 0 Å². The highest BCUT2D eigenvalue weighted by Gasteiger charge is 2.25. The van der Waals surface area contributed by atoms with E-state index in [-0.39, 0.29) is 22.6 Å². The van der Waals surface area contributed by atoms with Crippen LogP contribution >= 0.6 is 0 Å². The first kappa shape index (κ1) is 22.3. The number of carbonyl (C=O) groups excluding carboxylic acids is 1. The van der Waals surface area contributed by atoms with Crippen LogP contribution in [0.4, 0.5) is 29.3 Å². The Hall–Kier alpha value is -4.41. The van der Waals surface area contributed by atoms with Gasteiger partial charge in [0.15, 0.2) is 11.6 Å². The van der Waals surface area contributed by atoms with E-state index in [1.165, 1.54) is 0 Å². The molecular formula is C21H13F3N2O6. The standard InChI is InChI=1S/C21H13F3N2O6/c22-16-2-1-3-18(19(16)24)25(11-13-5-4-12(20(27)28)10-17(13)23)21(29)32-15-8-6-14(7-9-15)26(30)31/h1-10H,11H2,(H,27,28). The van der Waals surface area contributed by atoms with E-state index in [0.29, 0.717) is 4.90 Å². The molecule has 0 aromatic heterocycles. The Balaban J connectivity index is 1.95. The molecule has 0 bridgehead atoms. The van der Waals surface area contributed by atoms with Gasteiger partial charge in [-0.2, -0.15) is 0 Å². The second-order valence-corrected chi connectivity index (χ2v) is 6.39.